The number of nitrogens with zero attached hydrogens (tertiary/aromatic N) is 1. The van der Waals surface area contributed by atoms with Crippen molar-refractivity contribution in [2.24, 2.45) is 5.92 Å². The third-order valence-corrected chi connectivity index (χ3v) is 3.75. The predicted molar refractivity (Wildman–Crippen MR) is 67.2 cm³/mol. The van der Waals surface area contributed by atoms with Gasteiger partial charge in [-0.05, 0) is 51.9 Å². The molecular weight excluding hydrogens is 184 g/mol. The van der Waals surface area contributed by atoms with Gasteiger partial charge in [0.15, 0.2) is 0 Å². The zero-order valence-corrected chi connectivity index (χ0v) is 10.8. The van der Waals surface area contributed by atoms with Crippen LogP contribution in [0.5, 0.6) is 0 Å². The van der Waals surface area contributed by atoms with Gasteiger partial charge in [0.05, 0.1) is 0 Å². The first-order chi connectivity index (χ1) is 7.25. The summed E-state index contributed by atoms with van der Waals surface area (Å²) < 4.78 is 0. The van der Waals surface area contributed by atoms with Crippen molar-refractivity contribution in [1.29, 1.82) is 0 Å². The molecule has 0 aromatic carbocycles. The normalized spacial score (nSPS) is 27.2. The molecule has 1 aliphatic rings. The quantitative estimate of drug-likeness (QED) is 0.681. The van der Waals surface area contributed by atoms with E-state index < -0.39 is 0 Å². The summed E-state index contributed by atoms with van der Waals surface area (Å²) in [5.74, 6) is 0.905. The van der Waals surface area contributed by atoms with Gasteiger partial charge in [-0.2, -0.15) is 0 Å². The van der Waals surface area contributed by atoms with Crippen molar-refractivity contribution in [1.82, 2.24) is 10.2 Å². The fraction of sp³-hybridized carbons (Fsp3) is 1.00. The largest absolute Gasteiger partial charge is 0.317 e. The van der Waals surface area contributed by atoms with Gasteiger partial charge in [0.2, 0.25) is 0 Å². The summed E-state index contributed by atoms with van der Waals surface area (Å²) >= 11 is 0. The lowest BCUT2D eigenvalue weighted by atomic mass is 9.85. The van der Waals surface area contributed by atoms with Gasteiger partial charge < -0.3 is 10.2 Å². The molecule has 0 aliphatic heterocycles. The summed E-state index contributed by atoms with van der Waals surface area (Å²) in [5, 5.41) is 3.39. The van der Waals surface area contributed by atoms with E-state index in [0.717, 1.165) is 18.5 Å². The summed E-state index contributed by atoms with van der Waals surface area (Å²) in [5.41, 5.74) is 0. The molecule has 0 saturated heterocycles. The third kappa shape index (κ3) is 4.52. The lowest BCUT2D eigenvalue weighted by Gasteiger charge is -2.36. The molecule has 2 unspecified atom stereocenters. The lowest BCUT2D eigenvalue weighted by molar-refractivity contribution is 0.138. The first kappa shape index (κ1) is 13.0. The smallest absolute Gasteiger partial charge is 0.0118 e. The van der Waals surface area contributed by atoms with Gasteiger partial charge in [-0.15, -0.1) is 0 Å². The fourth-order valence-corrected chi connectivity index (χ4v) is 2.75. The Bertz CT molecular complexity index is 159. The zero-order chi connectivity index (χ0) is 11.1. The van der Waals surface area contributed by atoms with Crippen molar-refractivity contribution in [3.63, 3.8) is 0 Å². The van der Waals surface area contributed by atoms with Crippen molar-refractivity contribution in [2.75, 3.05) is 26.7 Å². The third-order valence-electron chi connectivity index (χ3n) is 3.75. The van der Waals surface area contributed by atoms with Crippen molar-refractivity contribution >= 4 is 0 Å². The SMILES string of the molecule is CCNCCCN(C)C1CCCCC1C. The van der Waals surface area contributed by atoms with Crippen LogP contribution in [0.15, 0.2) is 0 Å². The highest BCUT2D eigenvalue weighted by Crippen LogP contribution is 2.27. The zero-order valence-electron chi connectivity index (χ0n) is 10.8. The predicted octanol–water partition coefficient (Wildman–Crippen LogP) is 2.50. The summed E-state index contributed by atoms with van der Waals surface area (Å²) in [6, 6.07) is 0.848. The average molecular weight is 212 g/mol. The topological polar surface area (TPSA) is 15.3 Å². The highest BCUT2D eigenvalue weighted by molar-refractivity contribution is 4.79. The van der Waals surface area contributed by atoms with Crippen LogP contribution in [0.1, 0.15) is 46.0 Å². The van der Waals surface area contributed by atoms with E-state index in [-0.39, 0.29) is 0 Å². The number of nitrogens with one attached hydrogen (secondary N) is 1. The molecule has 90 valence electrons. The maximum Gasteiger partial charge on any atom is 0.0118 e. The van der Waals surface area contributed by atoms with Gasteiger partial charge in [0, 0.05) is 6.04 Å². The van der Waals surface area contributed by atoms with Crippen LogP contribution < -0.4 is 5.32 Å². The van der Waals surface area contributed by atoms with Crippen molar-refractivity contribution in [3.05, 3.63) is 0 Å². The van der Waals surface area contributed by atoms with Gasteiger partial charge in [0.1, 0.15) is 0 Å². The van der Waals surface area contributed by atoms with Crippen LogP contribution in [0.3, 0.4) is 0 Å². The van der Waals surface area contributed by atoms with Gasteiger partial charge in [-0.3, -0.25) is 0 Å². The molecule has 1 fully saturated rings. The van der Waals surface area contributed by atoms with Crippen LogP contribution in [-0.2, 0) is 0 Å². The van der Waals surface area contributed by atoms with E-state index in [4.69, 9.17) is 0 Å². The highest BCUT2D eigenvalue weighted by Gasteiger charge is 2.24. The first-order valence-electron chi connectivity index (χ1n) is 6.66. The maximum absolute atomic E-state index is 3.39. The monoisotopic (exact) mass is 212 g/mol. The van der Waals surface area contributed by atoms with Gasteiger partial charge in [-0.25, -0.2) is 0 Å². The molecule has 0 spiro atoms. The van der Waals surface area contributed by atoms with E-state index in [0.29, 0.717) is 0 Å². The Kier molecular flexibility index (Phi) is 6.26. The van der Waals surface area contributed by atoms with E-state index in [9.17, 15) is 0 Å². The van der Waals surface area contributed by atoms with Crippen LogP contribution in [0.4, 0.5) is 0 Å². The van der Waals surface area contributed by atoms with Crippen molar-refractivity contribution in [3.8, 4) is 0 Å². The molecule has 0 aromatic heterocycles. The molecule has 0 aromatic rings. The van der Waals surface area contributed by atoms with E-state index in [1.165, 1.54) is 45.2 Å². The van der Waals surface area contributed by atoms with Crippen LogP contribution in [-0.4, -0.2) is 37.6 Å². The molecule has 2 nitrogen and oxygen atoms in total. The van der Waals surface area contributed by atoms with Gasteiger partial charge in [0.25, 0.3) is 0 Å². The molecule has 1 saturated carbocycles. The second-order valence-corrected chi connectivity index (χ2v) is 5.02. The van der Waals surface area contributed by atoms with E-state index in [2.05, 4.69) is 31.1 Å². The van der Waals surface area contributed by atoms with Crippen LogP contribution >= 0.6 is 0 Å². The van der Waals surface area contributed by atoms with Crippen molar-refractivity contribution < 1.29 is 0 Å². The molecule has 0 bridgehead atoms. The van der Waals surface area contributed by atoms with Crippen LogP contribution in [0, 0.1) is 5.92 Å². The first-order valence-corrected chi connectivity index (χ1v) is 6.66. The molecule has 1 N–H and O–H groups in total. The van der Waals surface area contributed by atoms with Gasteiger partial charge in [-0.1, -0.05) is 26.7 Å². The molecule has 2 heteroatoms. The Morgan fingerprint density at radius 3 is 2.67 bits per heavy atom. The molecule has 0 amide bonds. The molecule has 15 heavy (non-hydrogen) atoms. The molecule has 1 aliphatic carbocycles. The summed E-state index contributed by atoms with van der Waals surface area (Å²) in [6.07, 6.45) is 7.02. The average Bonchev–Trinajstić information content (AvgIpc) is 2.25. The Labute approximate surface area is 95.4 Å². The minimum atomic E-state index is 0.848. The van der Waals surface area contributed by atoms with E-state index in [1.54, 1.807) is 0 Å². The van der Waals surface area contributed by atoms with Crippen molar-refractivity contribution in [2.45, 2.75) is 52.0 Å². The van der Waals surface area contributed by atoms with E-state index >= 15 is 0 Å². The lowest BCUT2D eigenvalue weighted by Crippen LogP contribution is -2.40. The Morgan fingerprint density at radius 2 is 2.00 bits per heavy atom. The Balaban J connectivity index is 2.16. The minimum Gasteiger partial charge on any atom is -0.317 e. The molecule has 0 heterocycles. The fourth-order valence-electron chi connectivity index (χ4n) is 2.75. The Hall–Kier alpha value is -0.0800. The Morgan fingerprint density at radius 1 is 1.27 bits per heavy atom. The molecule has 1 rings (SSSR count). The summed E-state index contributed by atoms with van der Waals surface area (Å²) in [4.78, 5) is 2.58. The molecule has 2 atom stereocenters. The number of hydrogen-bond acceptors (Lipinski definition) is 2. The second-order valence-electron chi connectivity index (χ2n) is 5.02. The van der Waals surface area contributed by atoms with Gasteiger partial charge >= 0.3 is 0 Å². The van der Waals surface area contributed by atoms with E-state index in [1.807, 2.05) is 0 Å². The highest BCUT2D eigenvalue weighted by atomic mass is 15.1. The van der Waals surface area contributed by atoms with Crippen LogP contribution in [0.25, 0.3) is 0 Å². The molecule has 0 radical (unpaired) electrons. The standard InChI is InChI=1S/C13H28N2/c1-4-14-10-7-11-15(3)13-9-6-5-8-12(13)2/h12-14H,4-11H2,1-3H3. The summed E-state index contributed by atoms with van der Waals surface area (Å²) in [7, 11) is 2.30. The number of rotatable bonds is 6. The van der Waals surface area contributed by atoms with Crippen LogP contribution in [0.2, 0.25) is 0 Å². The molecular formula is C13H28N2. The number of hydrogen-bond donors (Lipinski definition) is 1. The summed E-state index contributed by atoms with van der Waals surface area (Å²) in [6.45, 7) is 8.12. The maximum atomic E-state index is 3.39. The minimum absolute atomic E-state index is 0.848. The second kappa shape index (κ2) is 7.24.